The van der Waals surface area contributed by atoms with Crippen molar-refractivity contribution in [3.8, 4) is 0 Å². The smallest absolute Gasteiger partial charge is 0.0725 e. The predicted octanol–water partition coefficient (Wildman–Crippen LogP) is 3.27. The van der Waals surface area contributed by atoms with E-state index in [1.54, 1.807) is 0 Å². The molecule has 0 aliphatic carbocycles. The van der Waals surface area contributed by atoms with Crippen LogP contribution in [0.4, 0.5) is 0 Å². The Kier molecular flexibility index (Phi) is 3.85. The number of rotatable bonds is 4. The molecule has 1 heterocycles. The van der Waals surface area contributed by atoms with E-state index in [1.807, 2.05) is 7.05 Å². The largest absolute Gasteiger partial charge is 0.372 e. The zero-order chi connectivity index (χ0) is 12.4. The summed E-state index contributed by atoms with van der Waals surface area (Å²) in [5.74, 6) is 1.30. The van der Waals surface area contributed by atoms with Crippen LogP contribution in [0, 0.1) is 11.8 Å². The lowest BCUT2D eigenvalue weighted by atomic mass is 9.85. The lowest BCUT2D eigenvalue weighted by molar-refractivity contribution is 0.134. The van der Waals surface area contributed by atoms with Gasteiger partial charge in [-0.2, -0.15) is 0 Å². The van der Waals surface area contributed by atoms with Crippen LogP contribution in [0.5, 0.6) is 0 Å². The van der Waals surface area contributed by atoms with Gasteiger partial charge in [0.1, 0.15) is 0 Å². The lowest BCUT2D eigenvalue weighted by Crippen LogP contribution is -2.26. The number of ether oxygens (including phenoxy) is 1. The van der Waals surface area contributed by atoms with Crippen LogP contribution in [0.2, 0.25) is 0 Å². The Labute approximate surface area is 104 Å². The molecule has 1 aromatic carbocycles. The zero-order valence-corrected chi connectivity index (χ0v) is 11.3. The molecular weight excluding hydrogens is 210 g/mol. The number of fused-ring (bicyclic) bond motifs is 1. The fourth-order valence-electron chi connectivity index (χ4n) is 2.50. The number of hydrogen-bond acceptors (Lipinski definition) is 2. The fraction of sp³-hybridized carbons (Fsp3) is 0.600. The summed E-state index contributed by atoms with van der Waals surface area (Å²) in [5.41, 5.74) is 4.09. The van der Waals surface area contributed by atoms with E-state index in [4.69, 9.17) is 4.74 Å². The summed E-state index contributed by atoms with van der Waals surface area (Å²) >= 11 is 0. The molecule has 2 heteroatoms. The monoisotopic (exact) mass is 233 g/mol. The summed E-state index contributed by atoms with van der Waals surface area (Å²) in [6.07, 6.45) is 0. The van der Waals surface area contributed by atoms with Gasteiger partial charge in [-0.05, 0) is 35.6 Å². The third-order valence-electron chi connectivity index (χ3n) is 3.99. The molecule has 1 aliphatic rings. The molecule has 1 N–H and O–H groups in total. The van der Waals surface area contributed by atoms with Gasteiger partial charge in [0.2, 0.25) is 0 Å². The van der Waals surface area contributed by atoms with Crippen molar-refractivity contribution in [1.29, 1.82) is 0 Å². The van der Waals surface area contributed by atoms with Gasteiger partial charge in [0.05, 0.1) is 13.2 Å². The highest BCUT2D eigenvalue weighted by Gasteiger charge is 2.22. The summed E-state index contributed by atoms with van der Waals surface area (Å²) in [5, 5.41) is 3.45. The van der Waals surface area contributed by atoms with Crippen molar-refractivity contribution in [2.45, 2.75) is 40.0 Å². The summed E-state index contributed by atoms with van der Waals surface area (Å²) in [4.78, 5) is 0. The minimum atomic E-state index is 0.431. The quantitative estimate of drug-likeness (QED) is 0.861. The molecule has 0 bridgehead atoms. The molecule has 0 saturated heterocycles. The van der Waals surface area contributed by atoms with Gasteiger partial charge in [-0.15, -0.1) is 0 Å². The average molecular weight is 233 g/mol. The molecule has 2 atom stereocenters. The van der Waals surface area contributed by atoms with E-state index in [2.05, 4.69) is 44.3 Å². The molecule has 0 amide bonds. The molecule has 0 saturated carbocycles. The summed E-state index contributed by atoms with van der Waals surface area (Å²) in [6.45, 7) is 8.43. The van der Waals surface area contributed by atoms with Gasteiger partial charge in [0, 0.05) is 6.04 Å². The number of hydrogen-bond donors (Lipinski definition) is 1. The Morgan fingerprint density at radius 1 is 1.12 bits per heavy atom. The third kappa shape index (κ3) is 2.53. The first kappa shape index (κ1) is 12.6. The van der Waals surface area contributed by atoms with Crippen molar-refractivity contribution in [1.82, 2.24) is 5.32 Å². The minimum absolute atomic E-state index is 0.431. The number of nitrogens with one attached hydrogen (secondary N) is 1. The second-order valence-electron chi connectivity index (χ2n) is 5.39. The van der Waals surface area contributed by atoms with Gasteiger partial charge < -0.3 is 10.1 Å². The van der Waals surface area contributed by atoms with E-state index >= 15 is 0 Å². The van der Waals surface area contributed by atoms with E-state index in [0.717, 1.165) is 13.2 Å². The Morgan fingerprint density at radius 2 is 1.82 bits per heavy atom. The van der Waals surface area contributed by atoms with Gasteiger partial charge in [0.15, 0.2) is 0 Å². The first-order chi connectivity index (χ1) is 8.13. The maximum absolute atomic E-state index is 5.47. The SMILES string of the molecule is CNC(c1ccc2c(c1)COC2)C(C)C(C)C. The Balaban J connectivity index is 2.25. The van der Waals surface area contributed by atoms with Crippen LogP contribution >= 0.6 is 0 Å². The maximum atomic E-state index is 5.47. The highest BCUT2D eigenvalue weighted by molar-refractivity contribution is 5.34. The number of benzene rings is 1. The molecule has 0 fully saturated rings. The molecule has 0 aromatic heterocycles. The van der Waals surface area contributed by atoms with Crippen LogP contribution in [0.3, 0.4) is 0 Å². The van der Waals surface area contributed by atoms with E-state index in [0.29, 0.717) is 17.9 Å². The highest BCUT2D eigenvalue weighted by atomic mass is 16.5. The van der Waals surface area contributed by atoms with Crippen LogP contribution < -0.4 is 5.32 Å². The first-order valence-electron chi connectivity index (χ1n) is 6.50. The molecule has 0 spiro atoms. The van der Waals surface area contributed by atoms with Gasteiger partial charge in [-0.25, -0.2) is 0 Å². The van der Waals surface area contributed by atoms with E-state index in [-0.39, 0.29) is 0 Å². The molecular formula is C15H23NO. The van der Waals surface area contributed by atoms with E-state index in [1.165, 1.54) is 16.7 Å². The van der Waals surface area contributed by atoms with Crippen LogP contribution in [-0.4, -0.2) is 7.05 Å². The minimum Gasteiger partial charge on any atom is -0.372 e. The van der Waals surface area contributed by atoms with Crippen LogP contribution in [0.15, 0.2) is 18.2 Å². The average Bonchev–Trinajstić information content (AvgIpc) is 2.77. The Hall–Kier alpha value is -0.860. The maximum Gasteiger partial charge on any atom is 0.0725 e. The van der Waals surface area contributed by atoms with Gasteiger partial charge >= 0.3 is 0 Å². The Bertz CT molecular complexity index is 387. The molecule has 17 heavy (non-hydrogen) atoms. The van der Waals surface area contributed by atoms with E-state index < -0.39 is 0 Å². The topological polar surface area (TPSA) is 21.3 Å². The van der Waals surface area contributed by atoms with E-state index in [9.17, 15) is 0 Å². The summed E-state index contributed by atoms with van der Waals surface area (Å²) < 4.78 is 5.47. The van der Waals surface area contributed by atoms with Gasteiger partial charge in [-0.1, -0.05) is 39.0 Å². The molecule has 0 radical (unpaired) electrons. The lowest BCUT2D eigenvalue weighted by Gasteiger charge is -2.27. The van der Waals surface area contributed by atoms with Gasteiger partial charge in [-0.3, -0.25) is 0 Å². The van der Waals surface area contributed by atoms with Crippen LogP contribution in [0.1, 0.15) is 43.5 Å². The Morgan fingerprint density at radius 3 is 2.47 bits per heavy atom. The predicted molar refractivity (Wildman–Crippen MR) is 70.7 cm³/mol. The highest BCUT2D eigenvalue weighted by Crippen LogP contribution is 2.30. The first-order valence-corrected chi connectivity index (χ1v) is 6.50. The van der Waals surface area contributed by atoms with Crippen molar-refractivity contribution in [2.75, 3.05) is 7.05 Å². The second-order valence-corrected chi connectivity index (χ2v) is 5.39. The van der Waals surface area contributed by atoms with Crippen LogP contribution in [0.25, 0.3) is 0 Å². The molecule has 2 rings (SSSR count). The molecule has 1 aromatic rings. The molecule has 94 valence electrons. The molecule has 2 nitrogen and oxygen atoms in total. The summed E-state index contributed by atoms with van der Waals surface area (Å²) in [7, 11) is 2.05. The van der Waals surface area contributed by atoms with Crippen molar-refractivity contribution in [3.63, 3.8) is 0 Å². The van der Waals surface area contributed by atoms with Crippen LogP contribution in [-0.2, 0) is 18.0 Å². The van der Waals surface area contributed by atoms with Crippen molar-refractivity contribution < 1.29 is 4.74 Å². The summed E-state index contributed by atoms with van der Waals surface area (Å²) in [6, 6.07) is 7.20. The molecule has 1 aliphatic heterocycles. The van der Waals surface area contributed by atoms with Crippen molar-refractivity contribution in [2.24, 2.45) is 11.8 Å². The molecule has 2 unspecified atom stereocenters. The zero-order valence-electron chi connectivity index (χ0n) is 11.3. The fourth-order valence-corrected chi connectivity index (χ4v) is 2.50. The standard InChI is InChI=1S/C15H23NO/c1-10(2)11(3)15(16-4)12-5-6-13-8-17-9-14(13)7-12/h5-7,10-11,15-16H,8-9H2,1-4H3. The van der Waals surface area contributed by atoms with Gasteiger partial charge in [0.25, 0.3) is 0 Å². The second kappa shape index (κ2) is 5.19. The van der Waals surface area contributed by atoms with Crippen molar-refractivity contribution in [3.05, 3.63) is 34.9 Å². The third-order valence-corrected chi connectivity index (χ3v) is 3.99. The van der Waals surface area contributed by atoms with Crippen molar-refractivity contribution >= 4 is 0 Å². The normalized spacial score (nSPS) is 18.2.